The Morgan fingerprint density at radius 3 is 2.46 bits per heavy atom. The van der Waals surface area contributed by atoms with Gasteiger partial charge in [-0.2, -0.15) is 5.10 Å². The maximum atomic E-state index is 12.0. The van der Waals surface area contributed by atoms with E-state index in [2.05, 4.69) is 5.10 Å². The number of carboxylic acids is 1. The molecule has 2 aliphatic rings. The number of carbonyl (C=O) groups excluding carboxylic acids is 1. The van der Waals surface area contributed by atoms with Crippen LogP contribution in [0.2, 0.25) is 0 Å². The fraction of sp³-hybridized carbons (Fsp3) is 0.389. The molecular formula is C18H19N3O3. The fourth-order valence-corrected chi connectivity index (χ4v) is 3.47. The van der Waals surface area contributed by atoms with Gasteiger partial charge in [0.2, 0.25) is 5.91 Å². The van der Waals surface area contributed by atoms with Gasteiger partial charge in [0.1, 0.15) is 5.56 Å². The molecule has 1 saturated heterocycles. The molecule has 0 bridgehead atoms. The minimum atomic E-state index is -0.956. The Bertz CT molecular complexity index is 809. The van der Waals surface area contributed by atoms with Gasteiger partial charge in [-0.3, -0.25) is 9.48 Å². The zero-order valence-corrected chi connectivity index (χ0v) is 13.5. The van der Waals surface area contributed by atoms with Crippen molar-refractivity contribution < 1.29 is 14.7 Å². The van der Waals surface area contributed by atoms with Gasteiger partial charge in [0.05, 0.1) is 12.2 Å². The first-order valence-electron chi connectivity index (χ1n) is 8.15. The normalized spacial score (nSPS) is 21.9. The van der Waals surface area contributed by atoms with Gasteiger partial charge in [-0.1, -0.05) is 24.3 Å². The van der Waals surface area contributed by atoms with Gasteiger partial charge in [-0.05, 0) is 30.4 Å². The predicted octanol–water partition coefficient (Wildman–Crippen LogP) is 1.92. The third-order valence-electron chi connectivity index (χ3n) is 4.92. The van der Waals surface area contributed by atoms with E-state index in [9.17, 15) is 9.59 Å². The van der Waals surface area contributed by atoms with Gasteiger partial charge < -0.3 is 10.0 Å². The van der Waals surface area contributed by atoms with Crippen LogP contribution in [0.4, 0.5) is 0 Å². The highest BCUT2D eigenvalue weighted by molar-refractivity contribution is 5.88. The Labute approximate surface area is 139 Å². The lowest BCUT2D eigenvalue weighted by molar-refractivity contribution is -0.130. The summed E-state index contributed by atoms with van der Waals surface area (Å²) < 4.78 is 1.64. The molecule has 24 heavy (non-hydrogen) atoms. The number of likely N-dealkylation sites (tertiary alicyclic amines) is 1. The molecule has 1 aromatic carbocycles. The van der Waals surface area contributed by atoms with Crippen molar-refractivity contribution in [3.63, 3.8) is 0 Å². The van der Waals surface area contributed by atoms with E-state index in [1.807, 2.05) is 29.2 Å². The van der Waals surface area contributed by atoms with Crippen LogP contribution in [0.15, 0.2) is 30.5 Å². The van der Waals surface area contributed by atoms with Gasteiger partial charge in [-0.15, -0.1) is 0 Å². The molecule has 6 heteroatoms. The second kappa shape index (κ2) is 5.47. The van der Waals surface area contributed by atoms with Crippen LogP contribution < -0.4 is 0 Å². The Morgan fingerprint density at radius 2 is 1.92 bits per heavy atom. The summed E-state index contributed by atoms with van der Waals surface area (Å²) in [6.07, 6.45) is 2.64. The standard InChI is InChI=1S/C18H19N3O3/c1-11-16(18(23)24)10-21(19-11)8-13-4-2-12(3-5-13)7-20-9-14-6-15(14)17(20)22/h2-5,10,14-15H,6-9H2,1H3,(H,23,24). The number of piperidine rings is 1. The lowest BCUT2D eigenvalue weighted by Crippen LogP contribution is -2.27. The van der Waals surface area contributed by atoms with Crippen LogP contribution in [0.25, 0.3) is 0 Å². The monoisotopic (exact) mass is 325 g/mol. The smallest absolute Gasteiger partial charge is 0.339 e. The molecule has 2 heterocycles. The van der Waals surface area contributed by atoms with Crippen molar-refractivity contribution in [1.29, 1.82) is 0 Å². The number of benzene rings is 1. The molecule has 4 rings (SSSR count). The van der Waals surface area contributed by atoms with Crippen molar-refractivity contribution in [3.05, 3.63) is 52.8 Å². The van der Waals surface area contributed by atoms with Crippen LogP contribution in [0.5, 0.6) is 0 Å². The van der Waals surface area contributed by atoms with Crippen LogP contribution in [-0.4, -0.2) is 38.2 Å². The Hall–Kier alpha value is -2.63. The second-order valence-electron chi connectivity index (χ2n) is 6.77. The number of amides is 1. The number of carbonyl (C=O) groups is 2. The van der Waals surface area contributed by atoms with E-state index in [-0.39, 0.29) is 5.56 Å². The maximum Gasteiger partial charge on any atom is 0.339 e. The molecule has 0 spiro atoms. The Morgan fingerprint density at radius 1 is 1.25 bits per heavy atom. The van der Waals surface area contributed by atoms with Crippen LogP contribution in [-0.2, 0) is 17.9 Å². The Kier molecular flexibility index (Phi) is 3.40. The molecule has 1 amide bonds. The molecule has 1 aliphatic heterocycles. The summed E-state index contributed by atoms with van der Waals surface area (Å²) in [7, 11) is 0. The summed E-state index contributed by atoms with van der Waals surface area (Å²) >= 11 is 0. The van der Waals surface area contributed by atoms with Crippen molar-refractivity contribution in [2.45, 2.75) is 26.4 Å². The molecule has 1 aromatic heterocycles. The average molecular weight is 325 g/mol. The van der Waals surface area contributed by atoms with E-state index >= 15 is 0 Å². The number of fused-ring (bicyclic) bond motifs is 1. The maximum absolute atomic E-state index is 12.0. The van der Waals surface area contributed by atoms with E-state index in [0.29, 0.717) is 36.5 Å². The van der Waals surface area contributed by atoms with Crippen molar-refractivity contribution in [1.82, 2.24) is 14.7 Å². The summed E-state index contributed by atoms with van der Waals surface area (Å²) in [6, 6.07) is 8.07. The van der Waals surface area contributed by atoms with E-state index in [1.165, 1.54) is 0 Å². The number of aromatic nitrogens is 2. The number of aromatic carboxylic acids is 1. The van der Waals surface area contributed by atoms with Crippen molar-refractivity contribution in [2.24, 2.45) is 11.8 Å². The average Bonchev–Trinajstić information content (AvgIpc) is 3.12. The first-order valence-corrected chi connectivity index (χ1v) is 8.15. The number of nitrogens with zero attached hydrogens (tertiary/aromatic N) is 3. The van der Waals surface area contributed by atoms with Crippen molar-refractivity contribution in [3.8, 4) is 0 Å². The largest absolute Gasteiger partial charge is 0.478 e. The molecule has 6 nitrogen and oxygen atoms in total. The summed E-state index contributed by atoms with van der Waals surface area (Å²) in [4.78, 5) is 25.0. The summed E-state index contributed by atoms with van der Waals surface area (Å²) in [6.45, 7) is 3.80. The number of aryl methyl sites for hydroxylation is 1. The van der Waals surface area contributed by atoms with Gasteiger partial charge in [0.25, 0.3) is 0 Å². The first-order chi connectivity index (χ1) is 11.5. The molecule has 1 saturated carbocycles. The summed E-state index contributed by atoms with van der Waals surface area (Å²) in [5.74, 6) is 0.249. The van der Waals surface area contributed by atoms with Gasteiger partial charge >= 0.3 is 5.97 Å². The van der Waals surface area contributed by atoms with E-state index in [1.54, 1.807) is 17.8 Å². The Balaban J connectivity index is 1.41. The lowest BCUT2D eigenvalue weighted by atomic mass is 10.1. The predicted molar refractivity (Wildman–Crippen MR) is 86.5 cm³/mol. The van der Waals surface area contributed by atoms with Gasteiger partial charge in [-0.25, -0.2) is 4.79 Å². The molecule has 1 N–H and O–H groups in total. The van der Waals surface area contributed by atoms with E-state index < -0.39 is 5.97 Å². The second-order valence-corrected chi connectivity index (χ2v) is 6.77. The number of hydrogen-bond donors (Lipinski definition) is 1. The molecule has 2 atom stereocenters. The summed E-state index contributed by atoms with van der Waals surface area (Å²) in [5.41, 5.74) is 2.92. The number of hydrogen-bond acceptors (Lipinski definition) is 3. The number of rotatable bonds is 5. The molecule has 124 valence electrons. The van der Waals surface area contributed by atoms with Gasteiger partial charge in [0.15, 0.2) is 0 Å². The van der Waals surface area contributed by atoms with E-state index in [0.717, 1.165) is 24.1 Å². The topological polar surface area (TPSA) is 75.4 Å². The highest BCUT2D eigenvalue weighted by Gasteiger charge is 2.51. The molecule has 2 unspecified atom stereocenters. The van der Waals surface area contributed by atoms with Crippen LogP contribution in [0, 0.1) is 18.8 Å². The SMILES string of the molecule is Cc1nn(Cc2ccc(CN3CC4CC4C3=O)cc2)cc1C(=O)O. The lowest BCUT2D eigenvalue weighted by Gasteiger charge is -2.18. The first kappa shape index (κ1) is 14.9. The highest BCUT2D eigenvalue weighted by Crippen LogP contribution is 2.46. The van der Waals surface area contributed by atoms with Crippen LogP contribution in [0.1, 0.15) is 33.6 Å². The minimum absolute atomic E-state index is 0.234. The molecule has 2 aromatic rings. The zero-order valence-electron chi connectivity index (χ0n) is 13.5. The fourth-order valence-electron chi connectivity index (χ4n) is 3.47. The third kappa shape index (κ3) is 2.68. The number of carboxylic acid groups (broad SMARTS) is 1. The molecule has 0 radical (unpaired) electrons. The van der Waals surface area contributed by atoms with Crippen LogP contribution in [0.3, 0.4) is 0 Å². The van der Waals surface area contributed by atoms with Crippen LogP contribution >= 0.6 is 0 Å². The minimum Gasteiger partial charge on any atom is -0.478 e. The highest BCUT2D eigenvalue weighted by atomic mass is 16.4. The quantitative estimate of drug-likeness (QED) is 0.911. The summed E-state index contributed by atoms with van der Waals surface area (Å²) in [5, 5.41) is 13.3. The molecule has 2 fully saturated rings. The van der Waals surface area contributed by atoms with Gasteiger partial charge in [0, 0.05) is 25.2 Å². The molecular weight excluding hydrogens is 306 g/mol. The molecule has 1 aliphatic carbocycles. The van der Waals surface area contributed by atoms with E-state index in [4.69, 9.17) is 5.11 Å². The van der Waals surface area contributed by atoms with Crippen molar-refractivity contribution >= 4 is 11.9 Å². The van der Waals surface area contributed by atoms with Crippen molar-refractivity contribution in [2.75, 3.05) is 6.54 Å². The third-order valence-corrected chi connectivity index (χ3v) is 4.92. The zero-order chi connectivity index (χ0) is 16.8.